The first-order valence-electron chi connectivity index (χ1n) is 10.8. The van der Waals surface area contributed by atoms with Gasteiger partial charge in [-0.1, -0.05) is 13.0 Å². The molecule has 168 valence electrons. The Morgan fingerprint density at radius 2 is 1.91 bits per heavy atom. The lowest BCUT2D eigenvalue weighted by atomic mass is 10.0. The minimum atomic E-state index is -0.420. The number of anilines is 1. The molecule has 9 heteroatoms. The third-order valence-corrected chi connectivity index (χ3v) is 6.80. The third-order valence-electron chi connectivity index (χ3n) is 5.99. The van der Waals surface area contributed by atoms with Gasteiger partial charge in [-0.25, -0.2) is 14.4 Å². The number of nitrogens with one attached hydrogen (secondary N) is 1. The number of carbonyl (C=O) groups is 2. The molecule has 2 fully saturated rings. The predicted octanol–water partition coefficient (Wildman–Crippen LogP) is 3.90. The average Bonchev–Trinajstić information content (AvgIpc) is 3.15. The van der Waals surface area contributed by atoms with Crippen molar-refractivity contribution in [1.82, 2.24) is 20.2 Å². The molecule has 0 unspecified atom stereocenters. The monoisotopic (exact) mass is 463 g/mol. The number of benzene rings is 2. The first-order valence-corrected chi connectivity index (χ1v) is 11.6. The normalized spacial score (nSPS) is 18.4. The second-order valence-electron chi connectivity index (χ2n) is 7.94. The van der Waals surface area contributed by atoms with Gasteiger partial charge in [0.1, 0.15) is 12.1 Å². The molecule has 0 atom stereocenters. The number of hydrogen-bond acceptors (Lipinski definition) is 7. The van der Waals surface area contributed by atoms with Crippen molar-refractivity contribution in [2.24, 2.45) is 0 Å². The summed E-state index contributed by atoms with van der Waals surface area (Å²) in [6, 6.07) is 10.7. The van der Waals surface area contributed by atoms with E-state index in [-0.39, 0.29) is 5.82 Å². The van der Waals surface area contributed by atoms with Crippen molar-refractivity contribution in [3.63, 3.8) is 0 Å². The standard InChI is InChI=1S/C24H22FN5O2S/c1-2-29-7-9-30(10-8-29)16-4-5-17(19(25)13-16)22-18-11-15(3-6-20(18)26-14-27-22)12-21-23(31)28-24(32)33-21/h3-6,11-14H,2,7-10H2,1H3,(H,28,31,32)/b21-12-. The maximum Gasteiger partial charge on any atom is 0.290 e. The highest BCUT2D eigenvalue weighted by atomic mass is 32.2. The number of rotatable bonds is 4. The second-order valence-corrected chi connectivity index (χ2v) is 8.95. The van der Waals surface area contributed by atoms with Crippen molar-refractivity contribution in [1.29, 1.82) is 0 Å². The average molecular weight is 464 g/mol. The summed E-state index contributed by atoms with van der Waals surface area (Å²) in [5, 5.41) is 2.52. The quantitative estimate of drug-likeness (QED) is 0.588. The number of carbonyl (C=O) groups excluding carboxylic acids is 2. The van der Waals surface area contributed by atoms with Crippen LogP contribution in [-0.2, 0) is 4.79 Å². The second kappa shape index (κ2) is 8.92. The molecular weight excluding hydrogens is 441 g/mol. The first-order chi connectivity index (χ1) is 16.0. The lowest BCUT2D eigenvalue weighted by Gasteiger charge is -2.35. The molecule has 2 aliphatic heterocycles. The molecule has 1 aromatic heterocycles. The number of likely N-dealkylation sites (N-methyl/N-ethyl adjacent to an activating group) is 1. The van der Waals surface area contributed by atoms with Crippen LogP contribution in [0.2, 0.25) is 0 Å². The Kier molecular flexibility index (Phi) is 5.82. The van der Waals surface area contributed by atoms with Crippen molar-refractivity contribution >= 4 is 45.6 Å². The largest absolute Gasteiger partial charge is 0.369 e. The van der Waals surface area contributed by atoms with Crippen LogP contribution in [0.3, 0.4) is 0 Å². The lowest BCUT2D eigenvalue weighted by Crippen LogP contribution is -2.46. The molecule has 0 radical (unpaired) electrons. The van der Waals surface area contributed by atoms with Gasteiger partial charge in [0.05, 0.1) is 16.1 Å². The Hall–Kier alpha value is -3.30. The number of halogens is 1. The number of nitrogens with zero attached hydrogens (tertiary/aromatic N) is 4. The zero-order valence-corrected chi connectivity index (χ0v) is 18.9. The van der Waals surface area contributed by atoms with Crippen LogP contribution in [0.15, 0.2) is 47.6 Å². The van der Waals surface area contributed by atoms with E-state index < -0.39 is 11.1 Å². The highest BCUT2D eigenvalue weighted by molar-refractivity contribution is 8.18. The van der Waals surface area contributed by atoms with E-state index in [0.717, 1.165) is 50.2 Å². The molecule has 2 saturated heterocycles. The molecule has 2 amide bonds. The summed E-state index contributed by atoms with van der Waals surface area (Å²) in [5.74, 6) is -0.762. The van der Waals surface area contributed by atoms with E-state index >= 15 is 4.39 Å². The highest BCUT2D eigenvalue weighted by Crippen LogP contribution is 2.32. The number of thioether (sulfide) groups is 1. The lowest BCUT2D eigenvalue weighted by molar-refractivity contribution is -0.115. The molecule has 33 heavy (non-hydrogen) atoms. The van der Waals surface area contributed by atoms with Crippen LogP contribution in [-0.4, -0.2) is 58.7 Å². The molecule has 1 N–H and O–H groups in total. The van der Waals surface area contributed by atoms with Crippen molar-refractivity contribution in [3.8, 4) is 11.3 Å². The van der Waals surface area contributed by atoms with E-state index in [1.54, 1.807) is 30.3 Å². The maximum absolute atomic E-state index is 15.3. The summed E-state index contributed by atoms with van der Waals surface area (Å²) in [4.78, 5) is 36.9. The van der Waals surface area contributed by atoms with Gasteiger partial charge in [-0.3, -0.25) is 14.9 Å². The Labute approximate surface area is 194 Å². The van der Waals surface area contributed by atoms with E-state index in [1.807, 2.05) is 12.1 Å². The minimum absolute atomic E-state index is 0.316. The number of piperazine rings is 1. The van der Waals surface area contributed by atoms with Gasteiger partial charge in [0.2, 0.25) is 0 Å². The summed E-state index contributed by atoms with van der Waals surface area (Å²) in [5.41, 5.74) is 3.12. The maximum atomic E-state index is 15.3. The van der Waals surface area contributed by atoms with E-state index in [2.05, 4.69) is 32.0 Å². The van der Waals surface area contributed by atoms with Crippen molar-refractivity contribution in [2.45, 2.75) is 6.92 Å². The van der Waals surface area contributed by atoms with Crippen LogP contribution < -0.4 is 10.2 Å². The number of imide groups is 1. The minimum Gasteiger partial charge on any atom is -0.369 e. The van der Waals surface area contributed by atoms with Gasteiger partial charge in [0.25, 0.3) is 11.1 Å². The van der Waals surface area contributed by atoms with Gasteiger partial charge in [0, 0.05) is 42.8 Å². The molecule has 3 heterocycles. The summed E-state index contributed by atoms with van der Waals surface area (Å²) < 4.78 is 15.3. The fourth-order valence-corrected chi connectivity index (χ4v) is 4.85. The Morgan fingerprint density at radius 3 is 2.61 bits per heavy atom. The summed E-state index contributed by atoms with van der Waals surface area (Å²) in [6.45, 7) is 6.86. The van der Waals surface area contributed by atoms with Gasteiger partial charge in [-0.05, 0) is 60.3 Å². The van der Waals surface area contributed by atoms with E-state index in [9.17, 15) is 9.59 Å². The molecule has 5 rings (SSSR count). The van der Waals surface area contributed by atoms with Gasteiger partial charge < -0.3 is 9.80 Å². The molecule has 2 aromatic carbocycles. The van der Waals surface area contributed by atoms with Crippen LogP contribution in [0, 0.1) is 5.82 Å². The Balaban J connectivity index is 1.49. The number of hydrogen-bond donors (Lipinski definition) is 1. The highest BCUT2D eigenvalue weighted by Gasteiger charge is 2.25. The molecular formula is C24H22FN5O2S. The molecule has 0 aliphatic carbocycles. The zero-order chi connectivity index (χ0) is 22.9. The number of aromatic nitrogens is 2. The summed E-state index contributed by atoms with van der Waals surface area (Å²) in [6.07, 6.45) is 3.06. The molecule has 2 aliphatic rings. The van der Waals surface area contributed by atoms with Gasteiger partial charge in [-0.2, -0.15) is 0 Å². The smallest absolute Gasteiger partial charge is 0.290 e. The van der Waals surface area contributed by atoms with Crippen LogP contribution in [0.5, 0.6) is 0 Å². The van der Waals surface area contributed by atoms with Gasteiger partial charge in [0.15, 0.2) is 0 Å². The Morgan fingerprint density at radius 1 is 1.09 bits per heavy atom. The van der Waals surface area contributed by atoms with E-state index in [1.165, 1.54) is 6.33 Å². The Bertz CT molecular complexity index is 1290. The fourth-order valence-electron chi connectivity index (χ4n) is 4.17. The first kappa shape index (κ1) is 21.5. The molecule has 7 nitrogen and oxygen atoms in total. The summed E-state index contributed by atoms with van der Waals surface area (Å²) in [7, 11) is 0. The van der Waals surface area contributed by atoms with Crippen molar-refractivity contribution < 1.29 is 14.0 Å². The number of amides is 2. The zero-order valence-electron chi connectivity index (χ0n) is 18.0. The third kappa shape index (κ3) is 4.34. The summed E-state index contributed by atoms with van der Waals surface area (Å²) >= 11 is 0.856. The van der Waals surface area contributed by atoms with Crippen LogP contribution in [0.4, 0.5) is 14.9 Å². The van der Waals surface area contributed by atoms with Gasteiger partial charge in [-0.15, -0.1) is 0 Å². The SMILES string of the molecule is CCN1CCN(c2ccc(-c3ncnc4ccc(/C=C5\SC(=O)NC5=O)cc34)c(F)c2)CC1. The predicted molar refractivity (Wildman–Crippen MR) is 128 cm³/mol. The van der Waals surface area contributed by atoms with Crippen molar-refractivity contribution in [2.75, 3.05) is 37.6 Å². The number of fused-ring (bicyclic) bond motifs is 1. The van der Waals surface area contributed by atoms with E-state index in [0.29, 0.717) is 32.6 Å². The van der Waals surface area contributed by atoms with Gasteiger partial charge >= 0.3 is 0 Å². The molecule has 0 spiro atoms. The molecule has 0 saturated carbocycles. The molecule has 3 aromatic rings. The van der Waals surface area contributed by atoms with Crippen LogP contribution in [0.1, 0.15) is 12.5 Å². The van der Waals surface area contributed by atoms with Crippen molar-refractivity contribution in [3.05, 3.63) is 59.0 Å². The topological polar surface area (TPSA) is 78.4 Å². The fraction of sp³-hybridized carbons (Fsp3) is 0.250. The molecule has 0 bridgehead atoms. The van der Waals surface area contributed by atoms with E-state index in [4.69, 9.17) is 0 Å². The van der Waals surface area contributed by atoms with Crippen LogP contribution >= 0.6 is 11.8 Å². The van der Waals surface area contributed by atoms with Crippen LogP contribution in [0.25, 0.3) is 28.2 Å².